The fraction of sp³-hybridized carbons (Fsp3) is 0.300. The molecule has 0 aliphatic carbocycles. The van der Waals surface area contributed by atoms with Crippen LogP contribution in [0.2, 0.25) is 0 Å². The molecule has 0 saturated carbocycles. The van der Waals surface area contributed by atoms with Crippen LogP contribution in [0.5, 0.6) is 0 Å². The fourth-order valence-electron chi connectivity index (χ4n) is 1.37. The zero-order valence-electron chi connectivity index (χ0n) is 7.27. The van der Waals surface area contributed by atoms with Crippen LogP contribution in [0.3, 0.4) is 0 Å². The van der Waals surface area contributed by atoms with Crippen molar-refractivity contribution in [1.82, 2.24) is 4.90 Å². The minimum atomic E-state index is -0.205. The second-order valence-corrected chi connectivity index (χ2v) is 3.02. The SMILES string of the molecule is O=C1OCCN1Cc1ccccc1.[LiH]. The van der Waals surface area contributed by atoms with E-state index in [0.29, 0.717) is 19.7 Å². The molecule has 1 fully saturated rings. The minimum absolute atomic E-state index is 0. The Balaban J connectivity index is 0.000000980. The van der Waals surface area contributed by atoms with Crippen molar-refractivity contribution in [3.8, 4) is 0 Å². The van der Waals surface area contributed by atoms with Gasteiger partial charge < -0.3 is 9.64 Å². The summed E-state index contributed by atoms with van der Waals surface area (Å²) in [7, 11) is 0. The van der Waals surface area contributed by atoms with E-state index in [-0.39, 0.29) is 25.0 Å². The Morgan fingerprint density at radius 3 is 2.57 bits per heavy atom. The van der Waals surface area contributed by atoms with Crippen molar-refractivity contribution >= 4 is 25.0 Å². The van der Waals surface area contributed by atoms with Gasteiger partial charge in [0, 0.05) is 6.54 Å². The Kier molecular flexibility index (Phi) is 4.06. The summed E-state index contributed by atoms with van der Waals surface area (Å²) < 4.78 is 4.82. The average Bonchev–Trinajstić information content (AvgIpc) is 2.54. The summed E-state index contributed by atoms with van der Waals surface area (Å²) in [6.45, 7) is 1.87. The van der Waals surface area contributed by atoms with Gasteiger partial charge in [0.2, 0.25) is 0 Å². The number of hydrogen-bond acceptors (Lipinski definition) is 2. The molecule has 0 N–H and O–H groups in total. The number of rotatable bonds is 2. The Bertz CT molecular complexity index is 302. The Morgan fingerprint density at radius 1 is 1.29 bits per heavy atom. The maximum absolute atomic E-state index is 11.1. The van der Waals surface area contributed by atoms with Gasteiger partial charge in [0.1, 0.15) is 6.61 Å². The Morgan fingerprint density at radius 2 is 2.00 bits per heavy atom. The number of hydrogen-bond donors (Lipinski definition) is 0. The third-order valence-electron chi connectivity index (χ3n) is 2.06. The van der Waals surface area contributed by atoms with Gasteiger partial charge in [-0.05, 0) is 5.56 Å². The van der Waals surface area contributed by atoms with Crippen LogP contribution in [-0.2, 0) is 11.3 Å². The van der Waals surface area contributed by atoms with E-state index in [4.69, 9.17) is 4.74 Å². The molecule has 70 valence electrons. The number of ether oxygens (including phenoxy) is 1. The Hall–Kier alpha value is -0.913. The molecule has 4 heteroatoms. The first kappa shape index (κ1) is 11.2. The summed E-state index contributed by atoms with van der Waals surface area (Å²) in [5.74, 6) is 0. The first-order chi connectivity index (χ1) is 6.36. The van der Waals surface area contributed by atoms with E-state index in [1.165, 1.54) is 0 Å². The number of carbonyl (C=O) groups is 1. The van der Waals surface area contributed by atoms with Crippen LogP contribution < -0.4 is 0 Å². The van der Waals surface area contributed by atoms with Crippen molar-refractivity contribution in [2.45, 2.75) is 6.54 Å². The van der Waals surface area contributed by atoms with Gasteiger partial charge in [-0.25, -0.2) is 4.79 Å². The van der Waals surface area contributed by atoms with Gasteiger partial charge in [-0.15, -0.1) is 0 Å². The zero-order valence-corrected chi connectivity index (χ0v) is 7.27. The van der Waals surface area contributed by atoms with E-state index in [0.717, 1.165) is 5.56 Å². The van der Waals surface area contributed by atoms with Gasteiger partial charge in [0.05, 0.1) is 6.54 Å². The van der Waals surface area contributed by atoms with Crippen LogP contribution in [-0.4, -0.2) is 43.0 Å². The van der Waals surface area contributed by atoms with Gasteiger partial charge in [-0.1, -0.05) is 30.3 Å². The molecule has 0 aromatic heterocycles. The van der Waals surface area contributed by atoms with E-state index in [1.807, 2.05) is 30.3 Å². The number of amides is 1. The van der Waals surface area contributed by atoms with Crippen LogP contribution in [0, 0.1) is 0 Å². The number of carbonyl (C=O) groups excluding carboxylic acids is 1. The van der Waals surface area contributed by atoms with Crippen molar-refractivity contribution in [2.75, 3.05) is 13.2 Å². The predicted molar refractivity (Wildman–Crippen MR) is 55.3 cm³/mol. The van der Waals surface area contributed by atoms with Crippen LogP contribution in [0.4, 0.5) is 4.79 Å². The zero-order chi connectivity index (χ0) is 9.10. The fourth-order valence-corrected chi connectivity index (χ4v) is 1.37. The monoisotopic (exact) mass is 185 g/mol. The van der Waals surface area contributed by atoms with Crippen LogP contribution in [0.1, 0.15) is 5.56 Å². The topological polar surface area (TPSA) is 29.5 Å². The summed E-state index contributed by atoms with van der Waals surface area (Å²) in [6.07, 6.45) is -0.205. The molecule has 1 aromatic carbocycles. The van der Waals surface area contributed by atoms with E-state index in [9.17, 15) is 4.79 Å². The number of benzene rings is 1. The van der Waals surface area contributed by atoms with Gasteiger partial charge in [-0.2, -0.15) is 0 Å². The first-order valence-corrected chi connectivity index (χ1v) is 4.32. The van der Waals surface area contributed by atoms with Crippen molar-refractivity contribution < 1.29 is 9.53 Å². The van der Waals surface area contributed by atoms with Crippen molar-refractivity contribution in [3.05, 3.63) is 35.9 Å². The Labute approximate surface area is 95.2 Å². The molecule has 1 saturated heterocycles. The predicted octanol–water partition coefficient (Wildman–Crippen LogP) is 0.990. The van der Waals surface area contributed by atoms with Gasteiger partial charge in [0.25, 0.3) is 0 Å². The van der Waals surface area contributed by atoms with Crippen LogP contribution in [0.25, 0.3) is 0 Å². The van der Waals surface area contributed by atoms with Crippen molar-refractivity contribution in [1.29, 1.82) is 0 Å². The third-order valence-corrected chi connectivity index (χ3v) is 2.06. The average molecular weight is 185 g/mol. The maximum atomic E-state index is 11.1. The third kappa shape index (κ3) is 2.54. The quantitative estimate of drug-likeness (QED) is 0.643. The van der Waals surface area contributed by atoms with Gasteiger partial charge in [-0.3, -0.25) is 0 Å². The van der Waals surface area contributed by atoms with Crippen molar-refractivity contribution in [2.24, 2.45) is 0 Å². The molecule has 3 nitrogen and oxygen atoms in total. The van der Waals surface area contributed by atoms with Crippen LogP contribution >= 0.6 is 0 Å². The standard InChI is InChI=1S/C10H11NO2.Li.H/c12-10-11(6-7-13-10)8-9-4-2-1-3-5-9;;/h1-5H,6-8H2;;. The molecule has 0 unspecified atom stereocenters. The molecule has 0 spiro atoms. The molecule has 0 bridgehead atoms. The molecule has 0 atom stereocenters. The first-order valence-electron chi connectivity index (χ1n) is 4.32. The molecule has 1 aliphatic rings. The molecular formula is C10H12LiNO2. The van der Waals surface area contributed by atoms with Gasteiger partial charge >= 0.3 is 25.0 Å². The molecule has 1 aromatic rings. The molecular weight excluding hydrogens is 173 g/mol. The second-order valence-electron chi connectivity index (χ2n) is 3.02. The van der Waals surface area contributed by atoms with Crippen molar-refractivity contribution in [3.63, 3.8) is 0 Å². The number of cyclic esters (lactones) is 1. The molecule has 1 heterocycles. The molecule has 14 heavy (non-hydrogen) atoms. The van der Waals surface area contributed by atoms with Crippen LogP contribution in [0.15, 0.2) is 30.3 Å². The summed E-state index contributed by atoms with van der Waals surface area (Å²) in [6, 6.07) is 9.91. The van der Waals surface area contributed by atoms with E-state index < -0.39 is 0 Å². The molecule has 1 aliphatic heterocycles. The normalized spacial score (nSPS) is 14.9. The van der Waals surface area contributed by atoms with E-state index in [2.05, 4.69) is 0 Å². The molecule has 1 amide bonds. The van der Waals surface area contributed by atoms with E-state index >= 15 is 0 Å². The summed E-state index contributed by atoms with van der Waals surface area (Å²) >= 11 is 0. The number of nitrogens with zero attached hydrogens (tertiary/aromatic N) is 1. The molecule has 0 radical (unpaired) electrons. The molecule has 2 rings (SSSR count). The summed E-state index contributed by atoms with van der Waals surface area (Å²) in [4.78, 5) is 12.8. The summed E-state index contributed by atoms with van der Waals surface area (Å²) in [5, 5.41) is 0. The van der Waals surface area contributed by atoms with E-state index in [1.54, 1.807) is 4.90 Å². The summed E-state index contributed by atoms with van der Waals surface area (Å²) in [5.41, 5.74) is 1.14. The second kappa shape index (κ2) is 5.09. The van der Waals surface area contributed by atoms with Gasteiger partial charge in [0.15, 0.2) is 0 Å².